The molecule has 2 aromatic heterocycles. The molecule has 0 saturated carbocycles. The number of benzene rings is 2. The van der Waals surface area contributed by atoms with Gasteiger partial charge in [-0.3, -0.25) is 4.40 Å². The number of aromatic nitrogens is 2. The second-order valence-electron chi connectivity index (χ2n) is 6.45. The lowest BCUT2D eigenvalue weighted by Crippen LogP contribution is -1.88. The maximum absolute atomic E-state index is 5.53. The van der Waals surface area contributed by atoms with Gasteiger partial charge in [-0.1, -0.05) is 29.8 Å². The molecular formula is C22H20N4O. The van der Waals surface area contributed by atoms with E-state index >= 15 is 0 Å². The minimum Gasteiger partial charge on any atom is -0.496 e. The third kappa shape index (κ3) is 3.31. The first-order valence-electron chi connectivity index (χ1n) is 8.76. The molecular weight excluding hydrogens is 336 g/mol. The number of rotatable bonds is 4. The van der Waals surface area contributed by atoms with Crippen molar-refractivity contribution < 1.29 is 4.74 Å². The Balaban J connectivity index is 1.90. The lowest BCUT2D eigenvalue weighted by Gasteiger charge is -2.06. The van der Waals surface area contributed by atoms with E-state index in [9.17, 15) is 0 Å². The summed E-state index contributed by atoms with van der Waals surface area (Å²) in [6, 6.07) is 19.8. The molecule has 0 N–H and O–H groups in total. The average molecular weight is 356 g/mol. The van der Waals surface area contributed by atoms with Gasteiger partial charge < -0.3 is 4.74 Å². The fourth-order valence-corrected chi connectivity index (χ4v) is 2.97. The summed E-state index contributed by atoms with van der Waals surface area (Å²) in [5.41, 5.74) is 5.59. The molecule has 2 aromatic carbocycles. The predicted molar refractivity (Wildman–Crippen MR) is 107 cm³/mol. The Kier molecular flexibility index (Phi) is 4.42. The highest BCUT2D eigenvalue weighted by Crippen LogP contribution is 2.37. The molecule has 0 aliphatic carbocycles. The van der Waals surface area contributed by atoms with Crippen LogP contribution >= 0.6 is 0 Å². The fraction of sp³-hybridized carbons (Fsp3) is 0.136. The molecule has 2 heterocycles. The maximum Gasteiger partial charge on any atom is 0.187 e. The van der Waals surface area contributed by atoms with E-state index in [1.165, 1.54) is 5.56 Å². The Morgan fingerprint density at radius 3 is 2.44 bits per heavy atom. The van der Waals surface area contributed by atoms with E-state index in [1.54, 1.807) is 7.11 Å². The molecule has 0 aliphatic rings. The monoisotopic (exact) mass is 356 g/mol. The number of imidazole rings is 1. The lowest BCUT2D eigenvalue weighted by atomic mass is 10.1. The summed E-state index contributed by atoms with van der Waals surface area (Å²) in [4.78, 5) is 4.81. The van der Waals surface area contributed by atoms with Crippen LogP contribution in [0, 0.1) is 13.8 Å². The van der Waals surface area contributed by atoms with Crippen LogP contribution in [0.15, 0.2) is 77.1 Å². The Morgan fingerprint density at radius 1 is 0.889 bits per heavy atom. The van der Waals surface area contributed by atoms with Gasteiger partial charge in [0.2, 0.25) is 0 Å². The van der Waals surface area contributed by atoms with Crippen LogP contribution in [-0.2, 0) is 0 Å². The first-order chi connectivity index (χ1) is 13.2. The molecule has 0 atom stereocenters. The highest BCUT2D eigenvalue weighted by Gasteiger charge is 2.17. The van der Waals surface area contributed by atoms with Crippen LogP contribution in [0.3, 0.4) is 0 Å². The zero-order valence-electron chi connectivity index (χ0n) is 15.5. The van der Waals surface area contributed by atoms with Gasteiger partial charge in [-0.15, -0.1) is 10.2 Å². The van der Waals surface area contributed by atoms with Crippen molar-refractivity contribution >= 4 is 17.2 Å². The van der Waals surface area contributed by atoms with Gasteiger partial charge in [-0.05, 0) is 55.8 Å². The first-order valence-corrected chi connectivity index (χ1v) is 8.76. The normalized spacial score (nSPS) is 11.4. The molecule has 0 radical (unpaired) electrons. The summed E-state index contributed by atoms with van der Waals surface area (Å²) in [7, 11) is 1.66. The van der Waals surface area contributed by atoms with Crippen LogP contribution in [0.4, 0.5) is 11.5 Å². The van der Waals surface area contributed by atoms with Crippen LogP contribution in [0.1, 0.15) is 11.1 Å². The van der Waals surface area contributed by atoms with Crippen molar-refractivity contribution in [1.29, 1.82) is 0 Å². The standard InChI is InChI=1S/C22H20N4O/c1-15-8-10-17(11-9-15)24-25-22-21(18-6-4-5-7-19(18)27-3)23-20-14-16(2)12-13-26(20)22/h4-14H,1-3H3. The summed E-state index contributed by atoms with van der Waals surface area (Å²) in [5, 5.41) is 8.97. The molecule has 5 heteroatoms. The fourth-order valence-electron chi connectivity index (χ4n) is 2.97. The number of hydrogen-bond donors (Lipinski definition) is 0. The number of methoxy groups -OCH3 is 1. The number of ether oxygens (including phenoxy) is 1. The van der Waals surface area contributed by atoms with Gasteiger partial charge in [-0.25, -0.2) is 4.98 Å². The van der Waals surface area contributed by atoms with Crippen LogP contribution in [0.25, 0.3) is 16.9 Å². The molecule has 0 bridgehead atoms. The third-order valence-electron chi connectivity index (χ3n) is 4.41. The Morgan fingerprint density at radius 2 is 1.67 bits per heavy atom. The highest BCUT2D eigenvalue weighted by atomic mass is 16.5. The summed E-state index contributed by atoms with van der Waals surface area (Å²) in [6.45, 7) is 4.10. The number of azo groups is 1. The largest absolute Gasteiger partial charge is 0.496 e. The van der Waals surface area contributed by atoms with E-state index in [-0.39, 0.29) is 0 Å². The smallest absolute Gasteiger partial charge is 0.187 e. The van der Waals surface area contributed by atoms with Gasteiger partial charge in [0.05, 0.1) is 12.8 Å². The average Bonchev–Trinajstić information content (AvgIpc) is 3.04. The molecule has 0 unspecified atom stereocenters. The van der Waals surface area contributed by atoms with E-state index < -0.39 is 0 Å². The quantitative estimate of drug-likeness (QED) is 0.418. The molecule has 0 spiro atoms. The number of para-hydroxylation sites is 1. The minimum atomic E-state index is 0.676. The molecule has 0 fully saturated rings. The number of pyridine rings is 1. The summed E-state index contributed by atoms with van der Waals surface area (Å²) < 4.78 is 7.48. The second-order valence-corrected chi connectivity index (χ2v) is 6.45. The molecule has 4 rings (SSSR count). The molecule has 134 valence electrons. The Bertz CT molecular complexity index is 1130. The molecule has 4 aromatic rings. The van der Waals surface area contributed by atoms with Crippen molar-refractivity contribution in [3.8, 4) is 17.0 Å². The van der Waals surface area contributed by atoms with E-state index in [2.05, 4.69) is 10.2 Å². The van der Waals surface area contributed by atoms with E-state index in [4.69, 9.17) is 9.72 Å². The zero-order chi connectivity index (χ0) is 18.8. The number of aryl methyl sites for hydroxylation is 2. The van der Waals surface area contributed by atoms with Gasteiger partial charge in [0.15, 0.2) is 5.82 Å². The van der Waals surface area contributed by atoms with Crippen molar-refractivity contribution in [2.75, 3.05) is 7.11 Å². The maximum atomic E-state index is 5.53. The van der Waals surface area contributed by atoms with Crippen LogP contribution in [0.5, 0.6) is 5.75 Å². The molecule has 0 aliphatic heterocycles. The summed E-state index contributed by atoms with van der Waals surface area (Å²) >= 11 is 0. The van der Waals surface area contributed by atoms with Crippen LogP contribution < -0.4 is 4.74 Å². The van der Waals surface area contributed by atoms with Crippen molar-refractivity contribution in [1.82, 2.24) is 9.38 Å². The third-order valence-corrected chi connectivity index (χ3v) is 4.41. The Labute approximate surface area is 158 Å². The first kappa shape index (κ1) is 17.0. The van der Waals surface area contributed by atoms with Gasteiger partial charge >= 0.3 is 0 Å². The van der Waals surface area contributed by atoms with Crippen molar-refractivity contribution in [2.24, 2.45) is 10.2 Å². The lowest BCUT2D eigenvalue weighted by molar-refractivity contribution is 0.416. The molecule has 0 amide bonds. The van der Waals surface area contributed by atoms with Crippen LogP contribution in [-0.4, -0.2) is 16.5 Å². The number of fused-ring (bicyclic) bond motifs is 1. The predicted octanol–water partition coefficient (Wildman–Crippen LogP) is 6.04. The summed E-state index contributed by atoms with van der Waals surface area (Å²) in [6.07, 6.45) is 1.97. The van der Waals surface area contributed by atoms with Gasteiger partial charge in [0, 0.05) is 11.8 Å². The van der Waals surface area contributed by atoms with Crippen molar-refractivity contribution in [3.05, 3.63) is 78.0 Å². The topological polar surface area (TPSA) is 51.2 Å². The van der Waals surface area contributed by atoms with Crippen molar-refractivity contribution in [3.63, 3.8) is 0 Å². The van der Waals surface area contributed by atoms with E-state index in [0.717, 1.165) is 33.9 Å². The van der Waals surface area contributed by atoms with Gasteiger partial charge in [0.25, 0.3) is 0 Å². The second kappa shape index (κ2) is 7.03. The number of hydrogen-bond acceptors (Lipinski definition) is 4. The van der Waals surface area contributed by atoms with Crippen LogP contribution in [0.2, 0.25) is 0 Å². The number of nitrogens with zero attached hydrogens (tertiary/aromatic N) is 4. The van der Waals surface area contributed by atoms with E-state index in [0.29, 0.717) is 5.82 Å². The molecule has 0 saturated heterocycles. The van der Waals surface area contributed by atoms with Gasteiger partial charge in [0.1, 0.15) is 17.1 Å². The minimum absolute atomic E-state index is 0.676. The Hall–Kier alpha value is -3.47. The molecule has 5 nitrogen and oxygen atoms in total. The zero-order valence-corrected chi connectivity index (χ0v) is 15.5. The van der Waals surface area contributed by atoms with Crippen molar-refractivity contribution in [2.45, 2.75) is 13.8 Å². The van der Waals surface area contributed by atoms with Gasteiger partial charge in [-0.2, -0.15) is 0 Å². The van der Waals surface area contributed by atoms with E-state index in [1.807, 2.05) is 85.1 Å². The molecule has 27 heavy (non-hydrogen) atoms. The highest BCUT2D eigenvalue weighted by molar-refractivity contribution is 5.78. The summed E-state index contributed by atoms with van der Waals surface area (Å²) in [5.74, 6) is 1.43. The SMILES string of the molecule is COc1ccccc1-c1nc2cc(C)ccn2c1N=Nc1ccc(C)cc1.